The molecule has 14 nitrogen and oxygen atoms in total. The Morgan fingerprint density at radius 1 is 0.754 bits per heavy atom. The van der Waals surface area contributed by atoms with Crippen LogP contribution in [0.2, 0.25) is 18.1 Å². The van der Waals surface area contributed by atoms with Gasteiger partial charge in [-0.25, -0.2) is 9.59 Å². The summed E-state index contributed by atoms with van der Waals surface area (Å²) in [6.45, 7) is 10.9. The maximum atomic E-state index is 15.5. The molecule has 1 heterocycles. The number of β-lactam (4-membered cyclic amide) rings is 1. The van der Waals surface area contributed by atoms with Crippen LogP contribution in [0.4, 0.5) is 16.2 Å². The highest BCUT2D eigenvalue weighted by atomic mass is 32.2. The standard InChI is InChI=1S/C50H55N4O10PS3Si/c1-34(31-51-48(57)63-33-37-25-29-39(30-26-37)54(60)61)67-49(66)68-46-43(35(2)64-69(6,7)50(3,4)5)44(55)52(46)45(47(56)62-32-36-23-27-38(28-24-36)53(58)59)65(40-17-11-8-12-18-40,41-19-13-9-14-20-41)42-21-15-10-16-22-42/h8-30,34-35,43,46H,31-33H2,1-7H3,(H,51,57)/t34-,35-,43+,46-/m1/s1. The van der Waals surface area contributed by atoms with Crippen molar-refractivity contribution in [3.05, 3.63) is 171 Å². The van der Waals surface area contributed by atoms with Crippen molar-refractivity contribution in [2.24, 2.45) is 5.92 Å². The molecule has 1 aliphatic rings. The van der Waals surface area contributed by atoms with E-state index in [-0.39, 0.29) is 52.7 Å². The van der Waals surface area contributed by atoms with Gasteiger partial charge in [0.1, 0.15) is 27.5 Å². The second-order valence-electron chi connectivity index (χ2n) is 17.9. The van der Waals surface area contributed by atoms with Gasteiger partial charge in [0, 0.05) is 42.9 Å². The number of non-ortho nitro benzene ring substituents is 2. The van der Waals surface area contributed by atoms with Gasteiger partial charge in [-0.2, -0.15) is 0 Å². The lowest BCUT2D eigenvalue weighted by atomic mass is 9.93. The SMILES string of the molecule is C[C@H](CNC(=O)OCc1ccc([N+](=O)[O-])cc1)SC(=S)S[C@@H]1[C@@H]([C@@H](C)O[Si](C)(C)C(C)(C)C)C(=O)N1C(C(=O)OCc1ccc([N+](=O)[O-])cc1)=P(c1ccccc1)(c1ccccc1)c1ccccc1. The number of nitro groups is 2. The van der Waals surface area contributed by atoms with Gasteiger partial charge in [-0.05, 0) is 76.4 Å². The maximum absolute atomic E-state index is 15.5. The number of thiocarbonyl (C=S) groups is 1. The van der Waals surface area contributed by atoms with Gasteiger partial charge in [0.05, 0.1) is 21.9 Å². The first kappa shape index (κ1) is 52.7. The molecule has 6 rings (SSSR count). The third-order valence-electron chi connectivity index (χ3n) is 12.1. The van der Waals surface area contributed by atoms with Crippen molar-refractivity contribution >= 4 is 105 Å². The topological polar surface area (TPSA) is 180 Å². The zero-order valence-corrected chi connectivity index (χ0v) is 43.6. The Morgan fingerprint density at radius 2 is 1.19 bits per heavy atom. The summed E-state index contributed by atoms with van der Waals surface area (Å²) in [5.74, 6) is -1.81. The molecule has 0 radical (unpaired) electrons. The Hall–Kier alpha value is -5.62. The van der Waals surface area contributed by atoms with Gasteiger partial charge in [0.2, 0.25) is 5.91 Å². The van der Waals surface area contributed by atoms with Gasteiger partial charge in [-0.3, -0.25) is 29.9 Å². The molecule has 5 aromatic carbocycles. The van der Waals surface area contributed by atoms with Crippen molar-refractivity contribution in [3.8, 4) is 0 Å². The molecule has 0 saturated carbocycles. The maximum Gasteiger partial charge on any atom is 0.407 e. The van der Waals surface area contributed by atoms with E-state index in [0.29, 0.717) is 14.7 Å². The predicted molar refractivity (Wildman–Crippen MR) is 283 cm³/mol. The summed E-state index contributed by atoms with van der Waals surface area (Å²) in [6.07, 6.45) is -1.26. The third kappa shape index (κ3) is 12.4. The minimum atomic E-state index is -3.34. The summed E-state index contributed by atoms with van der Waals surface area (Å²) in [5, 5.41) is 26.5. The Labute approximate surface area is 417 Å². The highest BCUT2D eigenvalue weighted by Crippen LogP contribution is 2.52. The fraction of sp³-hybridized carbons (Fsp3) is 0.300. The lowest BCUT2D eigenvalue weighted by molar-refractivity contribution is -0.385. The van der Waals surface area contributed by atoms with Gasteiger partial charge in [-0.15, -0.1) is 11.8 Å². The van der Waals surface area contributed by atoms with Crippen LogP contribution >= 0.6 is 42.6 Å². The fourth-order valence-corrected chi connectivity index (χ4v) is 16.7. The van der Waals surface area contributed by atoms with E-state index in [0.717, 1.165) is 15.9 Å². The average molecular weight is 1030 g/mol. The number of nitro benzene ring substituents is 2. The predicted octanol–water partition coefficient (Wildman–Crippen LogP) is 9.93. The first-order valence-electron chi connectivity index (χ1n) is 22.1. The quantitative estimate of drug-likeness (QED) is 0.0167. The molecule has 362 valence electrons. The third-order valence-corrected chi connectivity index (χ3v) is 23.8. The zero-order valence-electron chi connectivity index (χ0n) is 39.3. The summed E-state index contributed by atoms with van der Waals surface area (Å²) in [7, 11) is -2.45. The number of thioether (sulfide) groups is 2. The van der Waals surface area contributed by atoms with E-state index < -0.39 is 54.5 Å². The fourth-order valence-electron chi connectivity index (χ4n) is 7.55. The number of hydrogen-bond acceptors (Lipinski definition) is 13. The van der Waals surface area contributed by atoms with Crippen molar-refractivity contribution in [1.82, 2.24) is 10.2 Å². The Kier molecular flexibility index (Phi) is 17.5. The molecule has 1 N–H and O–H groups in total. The number of benzene rings is 5. The van der Waals surface area contributed by atoms with Gasteiger partial charge >= 0.3 is 12.1 Å². The molecule has 0 aliphatic carbocycles. The molecule has 69 heavy (non-hydrogen) atoms. The lowest BCUT2D eigenvalue weighted by Crippen LogP contribution is -2.68. The van der Waals surface area contributed by atoms with Gasteiger partial charge < -0.3 is 19.2 Å². The van der Waals surface area contributed by atoms with E-state index in [1.54, 1.807) is 4.90 Å². The molecule has 1 aliphatic heterocycles. The Balaban J connectivity index is 1.42. The van der Waals surface area contributed by atoms with E-state index >= 15 is 9.59 Å². The van der Waals surface area contributed by atoms with Crippen molar-refractivity contribution in [2.75, 3.05) is 6.54 Å². The number of nitrogens with zero attached hydrogens (tertiary/aromatic N) is 3. The molecule has 19 heteroatoms. The monoisotopic (exact) mass is 1030 g/mol. The summed E-state index contributed by atoms with van der Waals surface area (Å²) < 4.78 is 19.0. The number of likely N-dealkylation sites (tertiary alicyclic amines) is 1. The molecular formula is C50H55N4O10PS3Si. The highest BCUT2D eigenvalue weighted by Gasteiger charge is 2.57. The van der Waals surface area contributed by atoms with Crippen LogP contribution in [-0.4, -0.2) is 73.3 Å². The molecule has 0 spiro atoms. The van der Waals surface area contributed by atoms with Crippen molar-refractivity contribution in [3.63, 3.8) is 0 Å². The van der Waals surface area contributed by atoms with E-state index in [9.17, 15) is 25.0 Å². The van der Waals surface area contributed by atoms with Crippen molar-refractivity contribution in [1.29, 1.82) is 0 Å². The normalized spacial score (nSPS) is 15.8. The van der Waals surface area contributed by atoms with E-state index in [1.165, 1.54) is 72.1 Å². The molecule has 1 fully saturated rings. The smallest absolute Gasteiger partial charge is 0.407 e. The number of hydrogen-bond donors (Lipinski definition) is 1. The molecule has 1 saturated heterocycles. The number of carbonyl (C=O) groups is 3. The first-order valence-corrected chi connectivity index (χ1v) is 29.0. The van der Waals surface area contributed by atoms with Gasteiger partial charge in [-0.1, -0.05) is 143 Å². The average Bonchev–Trinajstić information content (AvgIpc) is 3.32. The minimum absolute atomic E-state index is 0.0699. The van der Waals surface area contributed by atoms with E-state index in [1.807, 2.05) is 105 Å². The summed E-state index contributed by atoms with van der Waals surface area (Å²) in [6, 6.07) is 40.4. The van der Waals surface area contributed by atoms with Crippen LogP contribution in [0.15, 0.2) is 140 Å². The lowest BCUT2D eigenvalue weighted by Gasteiger charge is -2.52. The number of rotatable bonds is 18. The second-order valence-corrected chi connectivity index (χ2v) is 29.7. The summed E-state index contributed by atoms with van der Waals surface area (Å²) in [5.41, 5.74) is 1.07. The number of esters is 1. The molecule has 0 bridgehead atoms. The highest BCUT2D eigenvalue weighted by molar-refractivity contribution is 8.47. The number of nitrogens with one attached hydrogen (secondary N) is 1. The molecule has 0 aromatic heterocycles. The van der Waals surface area contributed by atoms with Crippen LogP contribution in [0.25, 0.3) is 0 Å². The van der Waals surface area contributed by atoms with Gasteiger partial charge in [0.15, 0.2) is 8.32 Å². The van der Waals surface area contributed by atoms with Crippen molar-refractivity contribution < 1.29 is 38.1 Å². The molecule has 5 aromatic rings. The first-order chi connectivity index (χ1) is 32.7. The number of ether oxygens (including phenoxy) is 2. The van der Waals surface area contributed by atoms with E-state index in [2.05, 4.69) is 39.2 Å². The van der Waals surface area contributed by atoms with Crippen molar-refractivity contribution in [2.45, 2.75) is 82.7 Å². The number of amides is 2. The number of carbonyl (C=O) groups excluding carboxylic acids is 3. The number of alkyl carbamates (subject to hydrolysis) is 1. The molecule has 0 unspecified atom stereocenters. The molecular weight excluding hydrogens is 972 g/mol. The Morgan fingerprint density at radius 3 is 1.61 bits per heavy atom. The van der Waals surface area contributed by atoms with Crippen LogP contribution in [0, 0.1) is 26.1 Å². The van der Waals surface area contributed by atoms with Crippen LogP contribution in [-0.2, 0) is 36.7 Å². The summed E-state index contributed by atoms with van der Waals surface area (Å²) >= 11 is 8.70. The van der Waals surface area contributed by atoms with Crippen LogP contribution in [0.3, 0.4) is 0 Å². The zero-order chi connectivity index (χ0) is 50.1. The van der Waals surface area contributed by atoms with Crippen LogP contribution < -0.4 is 21.2 Å². The van der Waals surface area contributed by atoms with E-state index in [4.69, 9.17) is 26.1 Å². The van der Waals surface area contributed by atoms with Gasteiger partial charge in [0.25, 0.3) is 11.4 Å². The van der Waals surface area contributed by atoms with Crippen LogP contribution in [0.1, 0.15) is 45.7 Å². The molecule has 4 atom stereocenters. The largest absolute Gasteiger partial charge is 0.456 e. The minimum Gasteiger partial charge on any atom is -0.456 e. The van der Waals surface area contributed by atoms with Crippen LogP contribution in [0.5, 0.6) is 0 Å². The second kappa shape index (κ2) is 22.9. The summed E-state index contributed by atoms with van der Waals surface area (Å²) in [4.78, 5) is 66.8. The Bertz CT molecular complexity index is 2610. The molecule has 2 amide bonds.